The van der Waals surface area contributed by atoms with Crippen molar-refractivity contribution < 1.29 is 4.79 Å². The van der Waals surface area contributed by atoms with Gasteiger partial charge in [0.05, 0.1) is 11.8 Å². The van der Waals surface area contributed by atoms with Crippen molar-refractivity contribution in [1.82, 2.24) is 0 Å². The fourth-order valence-corrected chi connectivity index (χ4v) is 3.12. The second-order valence-electron chi connectivity index (χ2n) is 4.39. The average molecular weight is 250 g/mol. The summed E-state index contributed by atoms with van der Waals surface area (Å²) < 4.78 is 0. The van der Waals surface area contributed by atoms with E-state index in [0.717, 1.165) is 11.4 Å². The molecule has 0 aromatic heterocycles. The van der Waals surface area contributed by atoms with Crippen LogP contribution in [0, 0.1) is 13.8 Å². The van der Waals surface area contributed by atoms with Crippen LogP contribution in [0.25, 0.3) is 0 Å². The molecule has 0 radical (unpaired) electrons. The number of carbonyl (C=O) groups is 1. The molecule has 3 nitrogen and oxygen atoms in total. The number of aryl methyl sites for hydroxylation is 1. The monoisotopic (exact) mass is 250 g/mol. The Labute approximate surface area is 106 Å². The zero-order valence-corrected chi connectivity index (χ0v) is 11.1. The molecular weight excluding hydrogens is 232 g/mol. The third kappa shape index (κ3) is 2.33. The van der Waals surface area contributed by atoms with Gasteiger partial charge in [-0.05, 0) is 31.0 Å². The number of amides is 1. The zero-order chi connectivity index (χ0) is 12.4. The third-order valence-electron chi connectivity index (χ3n) is 3.28. The second-order valence-corrected chi connectivity index (χ2v) is 5.42. The smallest absolute Gasteiger partial charge is 0.237 e. The van der Waals surface area contributed by atoms with Crippen LogP contribution in [0.15, 0.2) is 18.2 Å². The van der Waals surface area contributed by atoms with Crippen molar-refractivity contribution >= 4 is 23.4 Å². The van der Waals surface area contributed by atoms with Crippen molar-refractivity contribution in [1.29, 1.82) is 0 Å². The standard InChI is InChI=1S/C13H18N2OS/c1-9-4-3-5-12(10(9)2)15-11(6-14)7-17-8-13(15)16/h3-5,11H,6-8,14H2,1-2H3. The molecule has 1 atom stereocenters. The summed E-state index contributed by atoms with van der Waals surface area (Å²) in [6, 6.07) is 6.21. The van der Waals surface area contributed by atoms with Crippen molar-refractivity contribution in [3.63, 3.8) is 0 Å². The van der Waals surface area contributed by atoms with Gasteiger partial charge in [-0.3, -0.25) is 4.79 Å². The van der Waals surface area contributed by atoms with Crippen LogP contribution < -0.4 is 10.6 Å². The molecule has 2 rings (SSSR count). The Morgan fingerprint density at radius 2 is 2.24 bits per heavy atom. The van der Waals surface area contributed by atoms with E-state index in [2.05, 4.69) is 19.9 Å². The van der Waals surface area contributed by atoms with Crippen molar-refractivity contribution in [2.24, 2.45) is 5.73 Å². The van der Waals surface area contributed by atoms with E-state index in [-0.39, 0.29) is 11.9 Å². The van der Waals surface area contributed by atoms with Gasteiger partial charge in [-0.25, -0.2) is 0 Å². The number of nitrogens with two attached hydrogens (primary N) is 1. The summed E-state index contributed by atoms with van der Waals surface area (Å²) in [5, 5.41) is 0. The Kier molecular flexibility index (Phi) is 3.74. The molecule has 1 fully saturated rings. The molecule has 1 unspecified atom stereocenters. The molecule has 0 aliphatic carbocycles. The zero-order valence-electron chi connectivity index (χ0n) is 10.3. The first-order valence-corrected chi connectivity index (χ1v) is 6.96. The quantitative estimate of drug-likeness (QED) is 0.869. The molecule has 1 aromatic rings. The van der Waals surface area contributed by atoms with Crippen LogP contribution in [-0.4, -0.2) is 30.0 Å². The lowest BCUT2D eigenvalue weighted by atomic mass is 10.1. The molecule has 17 heavy (non-hydrogen) atoms. The molecule has 1 heterocycles. The van der Waals surface area contributed by atoms with Crippen LogP contribution >= 0.6 is 11.8 Å². The lowest BCUT2D eigenvalue weighted by Gasteiger charge is -2.35. The van der Waals surface area contributed by atoms with Crippen LogP contribution in [0.1, 0.15) is 11.1 Å². The lowest BCUT2D eigenvalue weighted by molar-refractivity contribution is -0.116. The van der Waals surface area contributed by atoms with Gasteiger partial charge in [-0.2, -0.15) is 0 Å². The fraction of sp³-hybridized carbons (Fsp3) is 0.462. The highest BCUT2D eigenvalue weighted by molar-refractivity contribution is 8.00. The van der Waals surface area contributed by atoms with E-state index in [0.29, 0.717) is 12.3 Å². The van der Waals surface area contributed by atoms with E-state index in [1.165, 1.54) is 11.1 Å². The van der Waals surface area contributed by atoms with Crippen LogP contribution in [0.5, 0.6) is 0 Å². The van der Waals surface area contributed by atoms with E-state index in [1.54, 1.807) is 11.8 Å². The minimum atomic E-state index is 0.127. The average Bonchev–Trinajstić information content (AvgIpc) is 2.33. The number of hydrogen-bond acceptors (Lipinski definition) is 3. The summed E-state index contributed by atoms with van der Waals surface area (Å²) in [7, 11) is 0. The Bertz CT molecular complexity index is 433. The molecule has 92 valence electrons. The van der Waals surface area contributed by atoms with Crippen LogP contribution in [0.3, 0.4) is 0 Å². The molecular formula is C13H18N2OS. The normalized spacial score (nSPS) is 20.8. The molecule has 1 aromatic carbocycles. The fourth-order valence-electron chi connectivity index (χ4n) is 2.13. The number of benzene rings is 1. The van der Waals surface area contributed by atoms with E-state index < -0.39 is 0 Å². The first-order chi connectivity index (χ1) is 8.15. The highest BCUT2D eigenvalue weighted by Crippen LogP contribution is 2.28. The van der Waals surface area contributed by atoms with E-state index in [4.69, 9.17) is 5.73 Å². The minimum absolute atomic E-state index is 0.127. The van der Waals surface area contributed by atoms with Gasteiger partial charge in [-0.15, -0.1) is 11.8 Å². The first-order valence-electron chi connectivity index (χ1n) is 5.81. The molecule has 0 bridgehead atoms. The maximum Gasteiger partial charge on any atom is 0.237 e. The molecule has 1 aliphatic rings. The van der Waals surface area contributed by atoms with Gasteiger partial charge in [0.2, 0.25) is 5.91 Å². The highest BCUT2D eigenvalue weighted by Gasteiger charge is 2.29. The molecule has 2 N–H and O–H groups in total. The van der Waals surface area contributed by atoms with Crippen molar-refractivity contribution in [2.45, 2.75) is 19.9 Å². The molecule has 0 saturated carbocycles. The molecule has 4 heteroatoms. The van der Waals surface area contributed by atoms with Crippen molar-refractivity contribution in [2.75, 3.05) is 23.0 Å². The topological polar surface area (TPSA) is 46.3 Å². The Hall–Kier alpha value is -1.00. The Balaban J connectivity index is 2.41. The van der Waals surface area contributed by atoms with Gasteiger partial charge in [0.25, 0.3) is 0 Å². The molecule has 0 spiro atoms. The van der Waals surface area contributed by atoms with Crippen molar-refractivity contribution in [3.05, 3.63) is 29.3 Å². The van der Waals surface area contributed by atoms with Gasteiger partial charge < -0.3 is 10.6 Å². The number of carbonyl (C=O) groups excluding carboxylic acids is 1. The lowest BCUT2D eigenvalue weighted by Crippen LogP contribution is -2.50. The largest absolute Gasteiger partial charge is 0.328 e. The van der Waals surface area contributed by atoms with Gasteiger partial charge >= 0.3 is 0 Å². The van der Waals surface area contributed by atoms with Crippen LogP contribution in [0.2, 0.25) is 0 Å². The Morgan fingerprint density at radius 1 is 1.47 bits per heavy atom. The summed E-state index contributed by atoms with van der Waals surface area (Å²) in [5.41, 5.74) is 9.18. The predicted molar refractivity (Wildman–Crippen MR) is 73.6 cm³/mol. The molecule has 1 aliphatic heterocycles. The van der Waals surface area contributed by atoms with Gasteiger partial charge in [0.15, 0.2) is 0 Å². The summed E-state index contributed by atoms with van der Waals surface area (Å²) in [4.78, 5) is 14.0. The number of nitrogens with zero attached hydrogens (tertiary/aromatic N) is 1. The Morgan fingerprint density at radius 3 is 2.94 bits per heavy atom. The predicted octanol–water partition coefficient (Wildman–Crippen LogP) is 1.71. The molecule has 1 amide bonds. The third-order valence-corrected chi connectivity index (χ3v) is 4.35. The number of anilines is 1. The first kappa shape index (κ1) is 12.5. The summed E-state index contributed by atoms with van der Waals surface area (Å²) in [6.45, 7) is 4.65. The number of rotatable bonds is 2. The van der Waals surface area contributed by atoms with Crippen LogP contribution in [0.4, 0.5) is 5.69 Å². The van der Waals surface area contributed by atoms with E-state index >= 15 is 0 Å². The minimum Gasteiger partial charge on any atom is -0.328 e. The van der Waals surface area contributed by atoms with E-state index in [1.807, 2.05) is 17.0 Å². The van der Waals surface area contributed by atoms with Gasteiger partial charge in [0, 0.05) is 18.0 Å². The summed E-state index contributed by atoms with van der Waals surface area (Å²) in [6.07, 6.45) is 0. The summed E-state index contributed by atoms with van der Waals surface area (Å²) >= 11 is 1.67. The maximum atomic E-state index is 12.1. The van der Waals surface area contributed by atoms with Gasteiger partial charge in [0.1, 0.15) is 0 Å². The highest BCUT2D eigenvalue weighted by atomic mass is 32.2. The molecule has 1 saturated heterocycles. The van der Waals surface area contributed by atoms with Gasteiger partial charge in [-0.1, -0.05) is 12.1 Å². The van der Waals surface area contributed by atoms with E-state index in [9.17, 15) is 4.79 Å². The van der Waals surface area contributed by atoms with Crippen LogP contribution in [-0.2, 0) is 4.79 Å². The van der Waals surface area contributed by atoms with Crippen molar-refractivity contribution in [3.8, 4) is 0 Å². The number of hydrogen-bond donors (Lipinski definition) is 1. The second kappa shape index (κ2) is 5.10. The number of thioether (sulfide) groups is 1. The SMILES string of the molecule is Cc1cccc(N2C(=O)CSCC2CN)c1C. The maximum absolute atomic E-state index is 12.1. The summed E-state index contributed by atoms with van der Waals surface area (Å²) in [5.74, 6) is 1.66.